The van der Waals surface area contributed by atoms with Gasteiger partial charge in [-0.1, -0.05) is 103 Å². The number of rotatable bonds is 4. The second kappa shape index (κ2) is 10.0. The monoisotopic (exact) mass is 611 g/mol. The van der Waals surface area contributed by atoms with Crippen LogP contribution in [0.2, 0.25) is 0 Å². The van der Waals surface area contributed by atoms with Gasteiger partial charge in [-0.3, -0.25) is 4.98 Å². The molecular formula is C42H34BNO3. The minimum atomic E-state index is -0.545. The van der Waals surface area contributed by atoms with E-state index in [9.17, 15) is 0 Å². The molecule has 0 unspecified atom stereocenters. The summed E-state index contributed by atoms with van der Waals surface area (Å²) in [5.41, 5.74) is 10.9. The van der Waals surface area contributed by atoms with Gasteiger partial charge in [-0.15, -0.1) is 0 Å². The smallest absolute Gasteiger partial charge is 0.454 e. The number of aromatic nitrogens is 1. The van der Waals surface area contributed by atoms with Crippen LogP contribution in [0.15, 0.2) is 138 Å². The standard InChI is InChI=1S/C42H34BNO3/c1-40(2)41(3,4)47-43(46-40)36-25-44-26-38-39(36)33-23-27(20-22-37(33)45-38)28-19-21-32-31-17-11-12-18-34(31)42(35(32)24-28,29-13-7-5-8-14-29)30-15-9-6-10-16-30/h5-26H,1-4H3. The highest BCUT2D eigenvalue weighted by molar-refractivity contribution is 6.65. The van der Waals surface area contributed by atoms with Crippen molar-refractivity contribution in [3.8, 4) is 22.3 Å². The number of furan rings is 1. The predicted molar refractivity (Wildman–Crippen MR) is 190 cm³/mol. The highest BCUT2D eigenvalue weighted by Gasteiger charge is 2.52. The van der Waals surface area contributed by atoms with Crippen LogP contribution in [0.25, 0.3) is 44.2 Å². The third-order valence-corrected chi connectivity index (χ3v) is 10.7. The highest BCUT2D eigenvalue weighted by Crippen LogP contribution is 2.56. The Morgan fingerprint density at radius 2 is 1.15 bits per heavy atom. The Labute approximate surface area is 275 Å². The van der Waals surface area contributed by atoms with Gasteiger partial charge in [0.15, 0.2) is 5.58 Å². The lowest BCUT2D eigenvalue weighted by Crippen LogP contribution is -2.41. The van der Waals surface area contributed by atoms with E-state index in [1.54, 1.807) is 6.20 Å². The average Bonchev–Trinajstić information content (AvgIpc) is 3.69. The first-order chi connectivity index (χ1) is 22.8. The van der Waals surface area contributed by atoms with Crippen molar-refractivity contribution in [2.45, 2.75) is 44.3 Å². The second-order valence-electron chi connectivity index (χ2n) is 13.8. The molecule has 1 fully saturated rings. The minimum Gasteiger partial charge on any atom is -0.454 e. The summed E-state index contributed by atoms with van der Waals surface area (Å²) in [6.07, 6.45) is 3.64. The molecule has 1 aliphatic carbocycles. The average molecular weight is 612 g/mol. The number of benzene rings is 5. The Morgan fingerprint density at radius 1 is 0.553 bits per heavy atom. The molecule has 1 saturated heterocycles. The fourth-order valence-corrected chi connectivity index (χ4v) is 7.71. The highest BCUT2D eigenvalue weighted by atomic mass is 16.7. The molecule has 5 aromatic carbocycles. The Balaban J connectivity index is 1.26. The van der Waals surface area contributed by atoms with Crippen LogP contribution in [-0.2, 0) is 14.7 Å². The lowest BCUT2D eigenvalue weighted by molar-refractivity contribution is 0.00578. The fraction of sp³-hybridized carbons (Fsp3) is 0.167. The van der Waals surface area contributed by atoms with Gasteiger partial charge in [0.05, 0.1) is 22.8 Å². The van der Waals surface area contributed by atoms with Crippen molar-refractivity contribution >= 4 is 34.5 Å². The van der Waals surface area contributed by atoms with Gasteiger partial charge in [0.2, 0.25) is 0 Å². The number of pyridine rings is 1. The largest absolute Gasteiger partial charge is 0.497 e. The summed E-state index contributed by atoms with van der Waals surface area (Å²) in [5.74, 6) is 0. The van der Waals surface area contributed by atoms with Crippen molar-refractivity contribution in [1.29, 1.82) is 0 Å². The number of hydrogen-bond donors (Lipinski definition) is 0. The summed E-state index contributed by atoms with van der Waals surface area (Å²) >= 11 is 0. The van der Waals surface area contributed by atoms with Crippen molar-refractivity contribution in [3.63, 3.8) is 0 Å². The van der Waals surface area contributed by atoms with Gasteiger partial charge >= 0.3 is 7.12 Å². The minimum absolute atomic E-state index is 0.452. The third-order valence-electron chi connectivity index (χ3n) is 10.7. The van der Waals surface area contributed by atoms with Crippen LogP contribution in [-0.4, -0.2) is 23.3 Å². The van der Waals surface area contributed by atoms with E-state index in [0.29, 0.717) is 0 Å². The predicted octanol–water partition coefficient (Wildman–Crippen LogP) is 9.31. The molecule has 3 heterocycles. The first-order valence-electron chi connectivity index (χ1n) is 16.3. The summed E-state index contributed by atoms with van der Waals surface area (Å²) in [4.78, 5) is 4.51. The quantitative estimate of drug-likeness (QED) is 0.186. The van der Waals surface area contributed by atoms with Crippen molar-refractivity contribution in [2.75, 3.05) is 0 Å². The van der Waals surface area contributed by atoms with Gasteiger partial charge in [0.25, 0.3) is 0 Å². The molecule has 2 aromatic heterocycles. The molecule has 0 atom stereocenters. The normalized spacial score (nSPS) is 17.2. The summed E-state index contributed by atoms with van der Waals surface area (Å²) < 4.78 is 19.3. The van der Waals surface area contributed by atoms with Gasteiger partial charge in [-0.2, -0.15) is 0 Å². The molecule has 4 nitrogen and oxygen atoms in total. The van der Waals surface area contributed by atoms with Crippen LogP contribution in [0, 0.1) is 0 Å². The molecule has 0 bridgehead atoms. The molecule has 1 aliphatic heterocycles. The van der Waals surface area contributed by atoms with Gasteiger partial charge in [-0.25, -0.2) is 0 Å². The van der Waals surface area contributed by atoms with Crippen molar-refractivity contribution in [3.05, 3.63) is 156 Å². The van der Waals surface area contributed by atoms with Gasteiger partial charge < -0.3 is 13.7 Å². The zero-order valence-electron chi connectivity index (χ0n) is 27.0. The molecule has 0 saturated carbocycles. The van der Waals surface area contributed by atoms with Crippen molar-refractivity contribution in [1.82, 2.24) is 4.98 Å². The van der Waals surface area contributed by atoms with Gasteiger partial charge in [0.1, 0.15) is 5.58 Å². The molecule has 0 radical (unpaired) electrons. The van der Waals surface area contributed by atoms with E-state index in [2.05, 4.69) is 154 Å². The van der Waals surface area contributed by atoms with E-state index in [-0.39, 0.29) is 0 Å². The van der Waals surface area contributed by atoms with Crippen LogP contribution in [0.4, 0.5) is 0 Å². The molecule has 2 aliphatic rings. The van der Waals surface area contributed by atoms with Gasteiger partial charge in [-0.05, 0) is 90.4 Å². The Hall–Kier alpha value is -4.97. The van der Waals surface area contributed by atoms with Gasteiger partial charge in [0, 0.05) is 22.4 Å². The molecule has 47 heavy (non-hydrogen) atoms. The van der Waals surface area contributed by atoms with E-state index >= 15 is 0 Å². The van der Waals surface area contributed by atoms with Crippen LogP contribution < -0.4 is 5.46 Å². The van der Waals surface area contributed by atoms with E-state index < -0.39 is 23.7 Å². The van der Waals surface area contributed by atoms with E-state index in [0.717, 1.165) is 38.5 Å². The molecule has 7 aromatic rings. The summed E-state index contributed by atoms with van der Waals surface area (Å²) in [6.45, 7) is 8.29. The topological polar surface area (TPSA) is 44.5 Å². The molecule has 9 rings (SSSR count). The Kier molecular flexibility index (Phi) is 6.03. The number of nitrogens with zero attached hydrogens (tertiary/aromatic N) is 1. The van der Waals surface area contributed by atoms with Crippen molar-refractivity contribution in [2.24, 2.45) is 0 Å². The summed E-state index contributed by atoms with van der Waals surface area (Å²) in [5, 5.41) is 2.00. The maximum atomic E-state index is 6.48. The van der Waals surface area contributed by atoms with Crippen LogP contribution >= 0.6 is 0 Å². The lowest BCUT2D eigenvalue weighted by atomic mass is 9.67. The first-order valence-corrected chi connectivity index (χ1v) is 16.3. The molecule has 0 amide bonds. The zero-order valence-corrected chi connectivity index (χ0v) is 27.0. The maximum absolute atomic E-state index is 6.48. The number of fused-ring (bicyclic) bond motifs is 6. The molecule has 0 spiro atoms. The molecular weight excluding hydrogens is 577 g/mol. The van der Waals surface area contributed by atoms with Crippen LogP contribution in [0.3, 0.4) is 0 Å². The number of hydrogen-bond acceptors (Lipinski definition) is 4. The fourth-order valence-electron chi connectivity index (χ4n) is 7.71. The third kappa shape index (κ3) is 4.00. The zero-order chi connectivity index (χ0) is 32.0. The molecule has 0 N–H and O–H groups in total. The van der Waals surface area contributed by atoms with E-state index in [1.165, 1.54) is 33.4 Å². The van der Waals surface area contributed by atoms with E-state index in [4.69, 9.17) is 13.7 Å². The molecule has 228 valence electrons. The van der Waals surface area contributed by atoms with Crippen molar-refractivity contribution < 1.29 is 13.7 Å². The Morgan fingerprint density at radius 3 is 1.85 bits per heavy atom. The van der Waals surface area contributed by atoms with E-state index in [1.807, 2.05) is 6.20 Å². The second-order valence-corrected chi connectivity index (χ2v) is 13.8. The first kappa shape index (κ1) is 28.3. The van der Waals surface area contributed by atoms with Crippen LogP contribution in [0.1, 0.15) is 49.9 Å². The Bertz CT molecular complexity index is 2270. The van der Waals surface area contributed by atoms with Crippen LogP contribution in [0.5, 0.6) is 0 Å². The summed E-state index contributed by atoms with van der Waals surface area (Å²) in [6, 6.07) is 44.1. The lowest BCUT2D eigenvalue weighted by Gasteiger charge is -2.34. The summed E-state index contributed by atoms with van der Waals surface area (Å²) in [7, 11) is -0.545. The maximum Gasteiger partial charge on any atom is 0.497 e. The molecule has 5 heteroatoms. The SMILES string of the molecule is CC1(C)OB(c2cncc3oc4ccc(-c5ccc6c(c5)C(c5ccccc5)(c5ccccc5)c5ccccc5-6)cc4c23)OC1(C)C.